The summed E-state index contributed by atoms with van der Waals surface area (Å²) in [5, 5.41) is 10.9. The number of aliphatic carboxylic acids is 1. The fourth-order valence-electron chi connectivity index (χ4n) is 2.28. The van der Waals surface area contributed by atoms with Gasteiger partial charge in [0.1, 0.15) is 6.04 Å². The Kier molecular flexibility index (Phi) is 5.29. The molecule has 1 aromatic heterocycles. The fourth-order valence-corrected chi connectivity index (χ4v) is 2.90. The molecular formula is C13H17N3O4S. The fraction of sp³-hybridized carbons (Fsp3) is 0.462. The van der Waals surface area contributed by atoms with Crippen LogP contribution in [0.2, 0.25) is 0 Å². The van der Waals surface area contributed by atoms with Gasteiger partial charge in [0.2, 0.25) is 0 Å². The first-order valence-electron chi connectivity index (χ1n) is 6.67. The predicted octanol–water partition coefficient (Wildman–Crippen LogP) is 0.448. The molecule has 0 aromatic carbocycles. The molecule has 1 aliphatic heterocycles. The van der Waals surface area contributed by atoms with Crippen molar-refractivity contribution >= 4 is 29.1 Å². The van der Waals surface area contributed by atoms with E-state index in [1.54, 1.807) is 22.4 Å². The van der Waals surface area contributed by atoms with Gasteiger partial charge >= 0.3 is 5.97 Å². The molecule has 2 heterocycles. The number of thiophene rings is 1. The van der Waals surface area contributed by atoms with Gasteiger partial charge in [0.05, 0.1) is 11.4 Å². The smallest absolute Gasteiger partial charge is 0.320 e. The van der Waals surface area contributed by atoms with Gasteiger partial charge in [0.15, 0.2) is 0 Å². The van der Waals surface area contributed by atoms with Crippen LogP contribution in [0.4, 0.5) is 0 Å². The van der Waals surface area contributed by atoms with Gasteiger partial charge in [0, 0.05) is 0 Å². The Morgan fingerprint density at radius 1 is 1.33 bits per heavy atom. The molecule has 3 N–H and O–H groups in total. The maximum Gasteiger partial charge on any atom is 0.320 e. The van der Waals surface area contributed by atoms with E-state index in [4.69, 9.17) is 5.11 Å². The van der Waals surface area contributed by atoms with Gasteiger partial charge in [-0.1, -0.05) is 12.5 Å². The Labute approximate surface area is 125 Å². The Hall–Kier alpha value is -1.93. The molecule has 1 fully saturated rings. The summed E-state index contributed by atoms with van der Waals surface area (Å²) in [7, 11) is 0. The van der Waals surface area contributed by atoms with E-state index in [1.807, 2.05) is 0 Å². The van der Waals surface area contributed by atoms with Crippen LogP contribution in [0.25, 0.3) is 0 Å². The van der Waals surface area contributed by atoms with Crippen LogP contribution in [0.3, 0.4) is 0 Å². The number of hydrazine groups is 1. The Balaban J connectivity index is 1.81. The number of carboxylic acids is 1. The quantitative estimate of drug-likeness (QED) is 0.701. The van der Waals surface area contributed by atoms with Crippen molar-refractivity contribution < 1.29 is 19.5 Å². The first kappa shape index (κ1) is 15.5. The Morgan fingerprint density at radius 2 is 2.14 bits per heavy atom. The zero-order valence-electron chi connectivity index (χ0n) is 11.4. The normalized spacial score (nSPS) is 19.0. The summed E-state index contributed by atoms with van der Waals surface area (Å²) in [5.41, 5.74) is 4.63. The molecule has 2 rings (SSSR count). The molecule has 1 saturated heterocycles. The van der Waals surface area contributed by atoms with Crippen molar-refractivity contribution in [1.82, 2.24) is 15.8 Å². The van der Waals surface area contributed by atoms with E-state index < -0.39 is 17.9 Å². The van der Waals surface area contributed by atoms with E-state index in [2.05, 4.69) is 10.9 Å². The van der Waals surface area contributed by atoms with Gasteiger partial charge < -0.3 is 5.11 Å². The number of carbonyl (C=O) groups excluding carboxylic acids is 2. The molecule has 1 aromatic rings. The van der Waals surface area contributed by atoms with Crippen molar-refractivity contribution in [3.05, 3.63) is 22.4 Å². The highest BCUT2D eigenvalue weighted by molar-refractivity contribution is 7.12. The molecule has 1 aliphatic rings. The van der Waals surface area contributed by atoms with Crippen molar-refractivity contribution in [3.8, 4) is 0 Å². The van der Waals surface area contributed by atoms with Gasteiger partial charge in [-0.2, -0.15) is 0 Å². The third kappa shape index (κ3) is 4.27. The number of carboxylic acid groups (broad SMARTS) is 1. The van der Waals surface area contributed by atoms with Crippen LogP contribution in [0.1, 0.15) is 28.9 Å². The summed E-state index contributed by atoms with van der Waals surface area (Å²) in [6.07, 6.45) is 2.27. The van der Waals surface area contributed by atoms with Crippen molar-refractivity contribution in [3.63, 3.8) is 0 Å². The van der Waals surface area contributed by atoms with Gasteiger partial charge in [-0.3, -0.25) is 30.1 Å². The average molecular weight is 311 g/mol. The zero-order chi connectivity index (χ0) is 15.2. The Morgan fingerprint density at radius 3 is 2.81 bits per heavy atom. The monoisotopic (exact) mass is 311 g/mol. The number of nitrogens with one attached hydrogen (secondary N) is 2. The molecule has 0 aliphatic carbocycles. The highest BCUT2D eigenvalue weighted by Gasteiger charge is 2.29. The third-order valence-corrected chi connectivity index (χ3v) is 4.17. The van der Waals surface area contributed by atoms with E-state index in [0.717, 1.165) is 12.8 Å². The molecule has 8 heteroatoms. The van der Waals surface area contributed by atoms with E-state index in [0.29, 0.717) is 17.8 Å². The molecule has 21 heavy (non-hydrogen) atoms. The van der Waals surface area contributed by atoms with E-state index >= 15 is 0 Å². The minimum absolute atomic E-state index is 0.0400. The predicted molar refractivity (Wildman–Crippen MR) is 76.8 cm³/mol. The van der Waals surface area contributed by atoms with Crippen LogP contribution in [0.15, 0.2) is 17.5 Å². The van der Waals surface area contributed by atoms with Crippen LogP contribution >= 0.6 is 11.3 Å². The Bertz CT molecular complexity index is 517. The number of hydrogen-bond donors (Lipinski definition) is 3. The highest BCUT2D eigenvalue weighted by atomic mass is 32.1. The summed E-state index contributed by atoms with van der Waals surface area (Å²) in [6, 6.07) is 2.77. The summed E-state index contributed by atoms with van der Waals surface area (Å²) in [6.45, 7) is 0.533. The van der Waals surface area contributed by atoms with Crippen molar-refractivity contribution in [2.45, 2.75) is 25.3 Å². The lowest BCUT2D eigenvalue weighted by Gasteiger charge is -2.32. The number of carbonyl (C=O) groups is 3. The van der Waals surface area contributed by atoms with Crippen LogP contribution < -0.4 is 10.9 Å². The number of piperidine rings is 1. The third-order valence-electron chi connectivity index (χ3n) is 3.31. The van der Waals surface area contributed by atoms with Crippen molar-refractivity contribution in [2.75, 3.05) is 13.1 Å². The van der Waals surface area contributed by atoms with Gasteiger partial charge in [-0.05, 0) is 30.8 Å². The van der Waals surface area contributed by atoms with Gasteiger partial charge in [-0.15, -0.1) is 11.3 Å². The average Bonchev–Trinajstić information content (AvgIpc) is 2.99. The number of nitrogens with zero attached hydrogens (tertiary/aromatic N) is 1. The first-order chi connectivity index (χ1) is 10.1. The second-order valence-electron chi connectivity index (χ2n) is 4.80. The molecule has 2 amide bonds. The number of hydrogen-bond acceptors (Lipinski definition) is 5. The number of amides is 2. The van der Waals surface area contributed by atoms with Crippen LogP contribution in [-0.4, -0.2) is 46.9 Å². The van der Waals surface area contributed by atoms with Gasteiger partial charge in [0.25, 0.3) is 11.8 Å². The molecule has 0 saturated carbocycles. The van der Waals surface area contributed by atoms with E-state index in [9.17, 15) is 14.4 Å². The number of likely N-dealkylation sites (tertiary alicyclic amines) is 1. The standard InChI is InChI=1S/C13H17N3O4S/c17-11(14-15-12(18)10-5-3-7-21-10)8-16-6-2-1-4-9(16)13(19)20/h3,5,7,9H,1-2,4,6,8H2,(H,14,17)(H,15,18)(H,19,20). The highest BCUT2D eigenvalue weighted by Crippen LogP contribution is 2.16. The SMILES string of the molecule is O=C(CN1CCCCC1C(=O)O)NNC(=O)c1cccs1. The van der Waals surface area contributed by atoms with Crippen LogP contribution in [0.5, 0.6) is 0 Å². The van der Waals surface area contributed by atoms with E-state index in [1.165, 1.54) is 11.3 Å². The van der Waals surface area contributed by atoms with Crippen LogP contribution in [0, 0.1) is 0 Å². The number of rotatable bonds is 4. The summed E-state index contributed by atoms with van der Waals surface area (Å²) in [5.74, 6) is -1.72. The second-order valence-corrected chi connectivity index (χ2v) is 5.75. The molecule has 7 nitrogen and oxygen atoms in total. The second kappa shape index (κ2) is 7.19. The molecular weight excluding hydrogens is 294 g/mol. The minimum atomic E-state index is -0.912. The molecule has 114 valence electrons. The molecule has 0 spiro atoms. The summed E-state index contributed by atoms with van der Waals surface area (Å²) in [4.78, 5) is 36.7. The van der Waals surface area contributed by atoms with Gasteiger partial charge in [-0.25, -0.2) is 0 Å². The first-order valence-corrected chi connectivity index (χ1v) is 7.55. The lowest BCUT2D eigenvalue weighted by molar-refractivity contribution is -0.145. The minimum Gasteiger partial charge on any atom is -0.480 e. The maximum absolute atomic E-state index is 11.8. The summed E-state index contributed by atoms with van der Waals surface area (Å²) >= 11 is 1.27. The van der Waals surface area contributed by atoms with E-state index in [-0.39, 0.29) is 12.5 Å². The maximum atomic E-state index is 11.8. The largest absolute Gasteiger partial charge is 0.480 e. The topological polar surface area (TPSA) is 98.7 Å². The van der Waals surface area contributed by atoms with Crippen molar-refractivity contribution in [2.24, 2.45) is 0 Å². The zero-order valence-corrected chi connectivity index (χ0v) is 12.2. The lowest BCUT2D eigenvalue weighted by Crippen LogP contribution is -2.51. The summed E-state index contributed by atoms with van der Waals surface area (Å²) < 4.78 is 0. The van der Waals surface area contributed by atoms with Crippen LogP contribution in [-0.2, 0) is 9.59 Å². The molecule has 0 radical (unpaired) electrons. The molecule has 0 bridgehead atoms. The lowest BCUT2D eigenvalue weighted by atomic mass is 10.0. The van der Waals surface area contributed by atoms with Crippen molar-refractivity contribution in [1.29, 1.82) is 0 Å². The molecule has 1 unspecified atom stereocenters. The molecule has 1 atom stereocenters.